The summed E-state index contributed by atoms with van der Waals surface area (Å²) in [6.45, 7) is 4.42. The second kappa shape index (κ2) is 7.95. The van der Waals surface area contributed by atoms with Gasteiger partial charge in [0.05, 0.1) is 6.61 Å². The number of thioether (sulfide) groups is 2. The average molecular weight is 282 g/mol. The van der Waals surface area contributed by atoms with Gasteiger partial charge in [0.1, 0.15) is 16.7 Å². The monoisotopic (exact) mass is 282 g/mol. The number of ether oxygens (including phenoxy) is 1. The molecule has 0 atom stereocenters. The van der Waals surface area contributed by atoms with Crippen molar-refractivity contribution in [2.24, 2.45) is 4.99 Å². The predicted molar refractivity (Wildman–Crippen MR) is 74.7 cm³/mol. The summed E-state index contributed by atoms with van der Waals surface area (Å²) in [4.78, 5) is 12.6. The number of aromatic nitrogens is 2. The largest absolute Gasteiger partial charge is 0.483 e. The van der Waals surface area contributed by atoms with Gasteiger partial charge in [-0.3, -0.25) is 0 Å². The fraction of sp³-hybridized carbons (Fsp3) is 0.455. The standard InChI is InChI=1S/C11H14N4OS2/c1-4-16-7-13-9-8(6-12)10(17-3)15-11(14-9)18-5-2/h7H,4-5H2,1-3H3. The molecule has 0 bridgehead atoms. The van der Waals surface area contributed by atoms with E-state index in [0.717, 1.165) is 5.75 Å². The molecule has 7 heteroatoms. The summed E-state index contributed by atoms with van der Waals surface area (Å²) >= 11 is 2.93. The first-order valence-corrected chi connectivity index (χ1v) is 7.60. The van der Waals surface area contributed by atoms with Crippen molar-refractivity contribution >= 4 is 35.7 Å². The first-order valence-electron chi connectivity index (χ1n) is 5.39. The van der Waals surface area contributed by atoms with Crippen LogP contribution >= 0.6 is 23.5 Å². The van der Waals surface area contributed by atoms with Crippen molar-refractivity contribution in [1.82, 2.24) is 9.97 Å². The van der Waals surface area contributed by atoms with Crippen LogP contribution in [0.5, 0.6) is 0 Å². The van der Waals surface area contributed by atoms with E-state index in [1.165, 1.54) is 29.9 Å². The Labute approximate surface area is 115 Å². The molecule has 1 heterocycles. The van der Waals surface area contributed by atoms with Gasteiger partial charge in [0.2, 0.25) is 0 Å². The Kier molecular flexibility index (Phi) is 6.54. The van der Waals surface area contributed by atoms with Gasteiger partial charge >= 0.3 is 0 Å². The zero-order valence-electron chi connectivity index (χ0n) is 10.5. The minimum atomic E-state index is 0.362. The molecule has 0 aromatic carbocycles. The first kappa shape index (κ1) is 14.8. The highest BCUT2D eigenvalue weighted by Gasteiger charge is 2.13. The number of nitriles is 1. The van der Waals surface area contributed by atoms with E-state index in [9.17, 15) is 0 Å². The highest BCUT2D eigenvalue weighted by molar-refractivity contribution is 7.99. The van der Waals surface area contributed by atoms with Crippen LogP contribution in [0.3, 0.4) is 0 Å². The van der Waals surface area contributed by atoms with Crippen molar-refractivity contribution in [3.05, 3.63) is 5.56 Å². The topological polar surface area (TPSA) is 71.2 Å². The van der Waals surface area contributed by atoms with Gasteiger partial charge in [-0.25, -0.2) is 9.97 Å². The lowest BCUT2D eigenvalue weighted by Gasteiger charge is -2.05. The normalized spacial score (nSPS) is 10.6. The highest BCUT2D eigenvalue weighted by Crippen LogP contribution is 2.28. The molecule has 0 N–H and O–H groups in total. The van der Waals surface area contributed by atoms with Crippen LogP contribution in [0.15, 0.2) is 15.2 Å². The summed E-state index contributed by atoms with van der Waals surface area (Å²) in [6, 6.07) is 2.09. The molecule has 0 saturated heterocycles. The quantitative estimate of drug-likeness (QED) is 0.263. The Bertz CT molecular complexity index is 471. The summed E-state index contributed by atoms with van der Waals surface area (Å²) in [5.74, 6) is 1.23. The van der Waals surface area contributed by atoms with E-state index in [-0.39, 0.29) is 0 Å². The molecule has 5 nitrogen and oxygen atoms in total. The average Bonchev–Trinajstić information content (AvgIpc) is 2.39. The maximum absolute atomic E-state index is 9.14. The third kappa shape index (κ3) is 3.89. The van der Waals surface area contributed by atoms with E-state index in [4.69, 9.17) is 10.00 Å². The molecular weight excluding hydrogens is 268 g/mol. The number of rotatable bonds is 6. The van der Waals surface area contributed by atoms with E-state index in [2.05, 4.69) is 21.0 Å². The van der Waals surface area contributed by atoms with E-state index in [1.54, 1.807) is 0 Å². The molecule has 96 valence electrons. The lowest BCUT2D eigenvalue weighted by atomic mass is 10.3. The van der Waals surface area contributed by atoms with E-state index in [0.29, 0.717) is 28.2 Å². The number of hydrogen-bond donors (Lipinski definition) is 0. The molecule has 0 fully saturated rings. The van der Waals surface area contributed by atoms with Crippen LogP contribution in [0.4, 0.5) is 5.82 Å². The molecule has 0 aliphatic heterocycles. The van der Waals surface area contributed by atoms with E-state index in [1.807, 2.05) is 20.1 Å². The molecule has 0 aliphatic carbocycles. The lowest BCUT2D eigenvalue weighted by molar-refractivity contribution is 0.344. The van der Waals surface area contributed by atoms with Crippen molar-refractivity contribution in [1.29, 1.82) is 5.26 Å². The van der Waals surface area contributed by atoms with Crippen LogP contribution < -0.4 is 0 Å². The van der Waals surface area contributed by atoms with E-state index >= 15 is 0 Å². The minimum absolute atomic E-state index is 0.362. The maximum atomic E-state index is 9.14. The van der Waals surface area contributed by atoms with Crippen LogP contribution in [-0.2, 0) is 4.74 Å². The Hall–Kier alpha value is -1.26. The van der Waals surface area contributed by atoms with Gasteiger partial charge in [0.25, 0.3) is 0 Å². The zero-order valence-corrected chi connectivity index (χ0v) is 12.1. The Balaban J connectivity index is 3.18. The van der Waals surface area contributed by atoms with Crippen LogP contribution in [0.25, 0.3) is 0 Å². The van der Waals surface area contributed by atoms with Gasteiger partial charge in [-0.05, 0) is 18.9 Å². The van der Waals surface area contributed by atoms with Crippen molar-refractivity contribution in [3.8, 4) is 6.07 Å². The van der Waals surface area contributed by atoms with Gasteiger partial charge in [0.15, 0.2) is 17.4 Å². The predicted octanol–water partition coefficient (Wildman–Crippen LogP) is 2.88. The number of nitrogens with zero attached hydrogens (tertiary/aromatic N) is 4. The SMILES string of the molecule is CCOC=Nc1nc(SCC)nc(SC)c1C#N. The van der Waals surface area contributed by atoms with Gasteiger partial charge in [0, 0.05) is 0 Å². The van der Waals surface area contributed by atoms with Gasteiger partial charge < -0.3 is 4.74 Å². The fourth-order valence-electron chi connectivity index (χ4n) is 1.10. The van der Waals surface area contributed by atoms with E-state index < -0.39 is 0 Å². The first-order chi connectivity index (χ1) is 8.76. The van der Waals surface area contributed by atoms with Gasteiger partial charge in [-0.1, -0.05) is 18.7 Å². The number of hydrogen-bond acceptors (Lipinski definition) is 7. The van der Waals surface area contributed by atoms with Crippen LogP contribution in [0, 0.1) is 11.3 Å². The second-order valence-corrected chi connectivity index (χ2v) is 4.97. The molecule has 0 amide bonds. The van der Waals surface area contributed by atoms with Gasteiger partial charge in [-0.2, -0.15) is 10.3 Å². The summed E-state index contributed by atoms with van der Waals surface area (Å²) in [5, 5.41) is 10.4. The summed E-state index contributed by atoms with van der Waals surface area (Å²) in [7, 11) is 0. The Morgan fingerprint density at radius 3 is 2.78 bits per heavy atom. The zero-order chi connectivity index (χ0) is 13.4. The van der Waals surface area contributed by atoms with Crippen molar-refractivity contribution in [2.75, 3.05) is 18.6 Å². The lowest BCUT2D eigenvalue weighted by Crippen LogP contribution is -1.96. The molecule has 1 rings (SSSR count). The Morgan fingerprint density at radius 1 is 1.44 bits per heavy atom. The fourth-order valence-corrected chi connectivity index (χ4v) is 2.25. The minimum Gasteiger partial charge on any atom is -0.483 e. The van der Waals surface area contributed by atoms with Crippen molar-refractivity contribution in [2.45, 2.75) is 24.0 Å². The third-order valence-corrected chi connectivity index (χ3v) is 3.24. The molecule has 0 aliphatic rings. The maximum Gasteiger partial charge on any atom is 0.190 e. The number of aliphatic imine (C=N–C) groups is 1. The molecule has 0 spiro atoms. The summed E-state index contributed by atoms with van der Waals surface area (Å²) < 4.78 is 5.04. The molecule has 0 radical (unpaired) electrons. The van der Waals surface area contributed by atoms with Crippen LogP contribution in [0.2, 0.25) is 0 Å². The van der Waals surface area contributed by atoms with Crippen molar-refractivity contribution < 1.29 is 4.74 Å². The molecule has 0 unspecified atom stereocenters. The van der Waals surface area contributed by atoms with Crippen LogP contribution in [-0.4, -0.2) is 35.0 Å². The second-order valence-electron chi connectivity index (χ2n) is 2.95. The van der Waals surface area contributed by atoms with Gasteiger partial charge in [-0.15, -0.1) is 11.8 Å². The molecule has 0 saturated carbocycles. The molecule has 1 aromatic heterocycles. The molecule has 1 aromatic rings. The summed E-state index contributed by atoms with van der Waals surface area (Å²) in [5.41, 5.74) is 0.388. The smallest absolute Gasteiger partial charge is 0.190 e. The molecule has 18 heavy (non-hydrogen) atoms. The molecular formula is C11H14N4OS2. The Morgan fingerprint density at radius 2 is 2.22 bits per heavy atom. The third-order valence-electron chi connectivity index (χ3n) is 1.83. The van der Waals surface area contributed by atoms with Crippen molar-refractivity contribution in [3.63, 3.8) is 0 Å². The van der Waals surface area contributed by atoms with Crippen LogP contribution in [0.1, 0.15) is 19.4 Å². The summed E-state index contributed by atoms with van der Waals surface area (Å²) in [6.07, 6.45) is 3.19. The highest BCUT2D eigenvalue weighted by atomic mass is 32.2.